The molecule has 5 rings (SSSR count). The number of carboxylic acid groups (broad SMARTS) is 1. The second kappa shape index (κ2) is 14.3. The molecule has 2 atom stereocenters. The van der Waals surface area contributed by atoms with Crippen LogP contribution in [-0.4, -0.2) is 52.4 Å². The van der Waals surface area contributed by atoms with Crippen molar-refractivity contribution in [3.8, 4) is 17.2 Å². The standard InChI is InChI=1S/C35H44N2O7/c1-24-8-6-10-28(20-24)32-36-31(25(2)44-32)23-42-30-11-7-9-26(21-30)16-19-37(35(33(38)39)17-4-5-18-35)34(40)43-22-27-12-14-29(41-3)15-13-27/h6,8,10,12-15,20,26,30H,4-5,7,9,11,16-19,21-23H2,1-3H3,(H,38,39). The zero-order valence-corrected chi connectivity index (χ0v) is 26.0. The molecular formula is C35H44N2O7. The Hall–Kier alpha value is -3.85. The van der Waals surface area contributed by atoms with Crippen LogP contribution in [0, 0.1) is 19.8 Å². The number of aliphatic carboxylic acids is 1. The van der Waals surface area contributed by atoms with E-state index < -0.39 is 17.6 Å². The van der Waals surface area contributed by atoms with Crippen molar-refractivity contribution in [1.82, 2.24) is 9.88 Å². The van der Waals surface area contributed by atoms with Gasteiger partial charge in [0.1, 0.15) is 29.3 Å². The van der Waals surface area contributed by atoms with Crippen molar-refractivity contribution in [2.75, 3.05) is 13.7 Å². The largest absolute Gasteiger partial charge is 0.497 e. The number of carbonyl (C=O) groups is 2. The fourth-order valence-corrected chi connectivity index (χ4v) is 6.61. The van der Waals surface area contributed by atoms with Gasteiger partial charge in [0.05, 0.1) is 19.8 Å². The van der Waals surface area contributed by atoms with Crippen molar-refractivity contribution in [3.63, 3.8) is 0 Å². The number of oxazole rings is 1. The summed E-state index contributed by atoms with van der Waals surface area (Å²) < 4.78 is 23.2. The van der Waals surface area contributed by atoms with Gasteiger partial charge in [0, 0.05) is 12.1 Å². The van der Waals surface area contributed by atoms with Gasteiger partial charge in [-0.05, 0) is 81.7 Å². The van der Waals surface area contributed by atoms with Gasteiger partial charge in [-0.25, -0.2) is 14.6 Å². The Morgan fingerprint density at radius 1 is 1.05 bits per heavy atom. The average molecular weight is 605 g/mol. The van der Waals surface area contributed by atoms with Crippen LogP contribution in [0.1, 0.15) is 80.4 Å². The molecule has 2 aliphatic rings. The fourth-order valence-electron chi connectivity index (χ4n) is 6.61. The summed E-state index contributed by atoms with van der Waals surface area (Å²) in [5.41, 5.74) is 2.50. The lowest BCUT2D eigenvalue weighted by atomic mass is 9.84. The molecule has 0 bridgehead atoms. The van der Waals surface area contributed by atoms with Gasteiger partial charge in [0.2, 0.25) is 5.89 Å². The number of benzene rings is 2. The number of rotatable bonds is 12. The fraction of sp³-hybridized carbons (Fsp3) is 0.514. The summed E-state index contributed by atoms with van der Waals surface area (Å²) in [4.78, 5) is 32.2. The van der Waals surface area contributed by atoms with Crippen LogP contribution in [0.15, 0.2) is 52.9 Å². The Bertz CT molecular complexity index is 1410. The molecule has 2 aromatic carbocycles. The topological polar surface area (TPSA) is 111 Å². The SMILES string of the molecule is COc1ccc(COC(=O)N(CCC2CCCC(OCc3nc(-c4cccc(C)c4)oc3C)C2)C2(C(=O)O)CCCC2)cc1. The Morgan fingerprint density at radius 3 is 2.52 bits per heavy atom. The molecule has 0 aliphatic heterocycles. The zero-order chi connectivity index (χ0) is 31.1. The Morgan fingerprint density at radius 2 is 1.82 bits per heavy atom. The molecule has 0 radical (unpaired) electrons. The zero-order valence-electron chi connectivity index (χ0n) is 26.0. The summed E-state index contributed by atoms with van der Waals surface area (Å²) in [6.45, 7) is 4.75. The van der Waals surface area contributed by atoms with Crippen LogP contribution in [0.5, 0.6) is 5.75 Å². The third-order valence-electron chi connectivity index (χ3n) is 9.20. The number of hydrogen-bond acceptors (Lipinski definition) is 7. The van der Waals surface area contributed by atoms with Crippen LogP contribution in [0.2, 0.25) is 0 Å². The molecule has 44 heavy (non-hydrogen) atoms. The Balaban J connectivity index is 1.19. The minimum Gasteiger partial charge on any atom is -0.497 e. The lowest BCUT2D eigenvalue weighted by Gasteiger charge is -2.38. The quantitative estimate of drug-likeness (QED) is 0.227. The van der Waals surface area contributed by atoms with Crippen LogP contribution < -0.4 is 4.74 Å². The molecule has 9 nitrogen and oxygen atoms in total. The number of carboxylic acids is 1. The minimum atomic E-state index is -1.22. The van der Waals surface area contributed by atoms with Gasteiger partial charge in [-0.15, -0.1) is 0 Å². The van der Waals surface area contributed by atoms with Crippen LogP contribution in [0.4, 0.5) is 4.79 Å². The first-order chi connectivity index (χ1) is 21.3. The smallest absolute Gasteiger partial charge is 0.411 e. The molecule has 1 heterocycles. The minimum absolute atomic E-state index is 0.0709. The van der Waals surface area contributed by atoms with E-state index in [2.05, 4.69) is 6.07 Å². The number of aryl methyl sites for hydroxylation is 2. The highest BCUT2D eigenvalue weighted by atomic mass is 16.6. The summed E-state index contributed by atoms with van der Waals surface area (Å²) >= 11 is 0. The first-order valence-electron chi connectivity index (χ1n) is 15.7. The summed E-state index contributed by atoms with van der Waals surface area (Å²) in [5, 5.41) is 10.3. The molecule has 1 N–H and O–H groups in total. The molecule has 1 aromatic heterocycles. The molecule has 0 spiro atoms. The van der Waals surface area contributed by atoms with E-state index in [4.69, 9.17) is 23.6 Å². The maximum absolute atomic E-state index is 13.5. The van der Waals surface area contributed by atoms with E-state index in [0.717, 1.165) is 72.4 Å². The van der Waals surface area contributed by atoms with Crippen molar-refractivity contribution in [2.45, 2.75) is 96.5 Å². The molecule has 3 aromatic rings. The molecule has 0 saturated heterocycles. The van der Waals surface area contributed by atoms with E-state index in [1.807, 2.05) is 56.3 Å². The highest BCUT2D eigenvalue weighted by molar-refractivity contribution is 5.84. The van der Waals surface area contributed by atoms with E-state index in [1.165, 1.54) is 4.90 Å². The highest BCUT2D eigenvalue weighted by Gasteiger charge is 2.49. The summed E-state index contributed by atoms with van der Waals surface area (Å²) in [7, 11) is 1.60. The van der Waals surface area contributed by atoms with Gasteiger partial charge in [-0.3, -0.25) is 4.90 Å². The van der Waals surface area contributed by atoms with Gasteiger partial charge in [0.25, 0.3) is 0 Å². The van der Waals surface area contributed by atoms with Crippen molar-refractivity contribution < 1.29 is 33.3 Å². The van der Waals surface area contributed by atoms with E-state index >= 15 is 0 Å². The van der Waals surface area contributed by atoms with Crippen LogP contribution >= 0.6 is 0 Å². The number of methoxy groups -OCH3 is 1. The monoisotopic (exact) mass is 604 g/mol. The predicted octanol–water partition coefficient (Wildman–Crippen LogP) is 7.47. The lowest BCUT2D eigenvalue weighted by molar-refractivity contribution is -0.150. The van der Waals surface area contributed by atoms with Gasteiger partial charge in [0.15, 0.2) is 0 Å². The van der Waals surface area contributed by atoms with Crippen LogP contribution in [0.25, 0.3) is 11.5 Å². The Kier molecular flexibility index (Phi) is 10.3. The van der Waals surface area contributed by atoms with Crippen LogP contribution in [0.3, 0.4) is 0 Å². The summed E-state index contributed by atoms with van der Waals surface area (Å²) in [6, 6.07) is 15.4. The molecule has 2 fully saturated rings. The van der Waals surface area contributed by atoms with Gasteiger partial charge in [-0.1, -0.05) is 55.5 Å². The third-order valence-corrected chi connectivity index (χ3v) is 9.20. The van der Waals surface area contributed by atoms with Crippen molar-refractivity contribution >= 4 is 12.1 Å². The van der Waals surface area contributed by atoms with Gasteiger partial charge >= 0.3 is 12.1 Å². The lowest BCUT2D eigenvalue weighted by Crippen LogP contribution is -2.56. The average Bonchev–Trinajstić information content (AvgIpc) is 3.67. The molecule has 2 unspecified atom stereocenters. The number of nitrogens with zero attached hydrogens (tertiary/aromatic N) is 2. The maximum Gasteiger partial charge on any atom is 0.411 e. The highest BCUT2D eigenvalue weighted by Crippen LogP contribution is 2.38. The molecule has 9 heteroatoms. The van der Waals surface area contributed by atoms with Gasteiger partial charge in [-0.2, -0.15) is 0 Å². The number of aromatic nitrogens is 1. The summed E-state index contributed by atoms with van der Waals surface area (Å²) in [6.07, 6.45) is 6.51. The number of amides is 1. The number of hydrogen-bond donors (Lipinski definition) is 1. The second-order valence-corrected chi connectivity index (χ2v) is 12.2. The van der Waals surface area contributed by atoms with Crippen molar-refractivity contribution in [2.24, 2.45) is 5.92 Å². The van der Waals surface area contributed by atoms with E-state index in [1.54, 1.807) is 7.11 Å². The molecule has 2 aliphatic carbocycles. The normalized spacial score (nSPS) is 19.4. The maximum atomic E-state index is 13.5. The van der Waals surface area contributed by atoms with Crippen molar-refractivity contribution in [1.29, 1.82) is 0 Å². The Labute approximate surface area is 259 Å². The summed E-state index contributed by atoms with van der Waals surface area (Å²) in [5.74, 6) is 1.45. The third kappa shape index (κ3) is 7.44. The first-order valence-corrected chi connectivity index (χ1v) is 15.7. The van der Waals surface area contributed by atoms with Crippen LogP contribution in [-0.2, 0) is 27.5 Å². The molecular weight excluding hydrogens is 560 g/mol. The van der Waals surface area contributed by atoms with Crippen molar-refractivity contribution in [3.05, 3.63) is 71.1 Å². The van der Waals surface area contributed by atoms with E-state index in [0.29, 0.717) is 44.2 Å². The van der Waals surface area contributed by atoms with E-state index in [9.17, 15) is 14.7 Å². The first kappa shape index (κ1) is 31.6. The van der Waals surface area contributed by atoms with Gasteiger partial charge < -0.3 is 23.7 Å². The molecule has 1 amide bonds. The molecule has 2 saturated carbocycles. The van der Waals surface area contributed by atoms with E-state index in [-0.39, 0.29) is 12.7 Å². The number of ether oxygens (including phenoxy) is 3. The number of carbonyl (C=O) groups excluding carboxylic acids is 1. The second-order valence-electron chi connectivity index (χ2n) is 12.2. The predicted molar refractivity (Wildman–Crippen MR) is 165 cm³/mol. The molecule has 236 valence electrons.